The van der Waals surface area contributed by atoms with E-state index in [1.165, 1.54) is 66.6 Å². The van der Waals surface area contributed by atoms with Crippen molar-refractivity contribution in [3.8, 4) is 0 Å². The summed E-state index contributed by atoms with van der Waals surface area (Å²) >= 11 is 0. The van der Waals surface area contributed by atoms with Crippen LogP contribution in [0.1, 0.15) is 302 Å². The number of carbonyl (C=O) groups excluding carboxylic acids is 1. The van der Waals surface area contributed by atoms with Gasteiger partial charge in [0.1, 0.15) is 0 Å². The molecular formula is C62H123NO. The van der Waals surface area contributed by atoms with Gasteiger partial charge in [-0.2, -0.15) is 0 Å². The Morgan fingerprint density at radius 1 is 0.266 bits per heavy atom. The standard InChI is InChI=1S/C8H13NO.2C8H14.C7H12.2C6H10.C5H8.7C2H6/c1-9-7-4-2-6(3-5-7)8(9)10;1-2-8-5-3-7(1)4-6-8;1-2-7-4-5-8(3-1)6-7;1-2-7-4-3-6(1)5-7;2*1-2-6-3-5(1)4-6;1-4-2-5(1)3-4;7*1-2/h6-7H,2-5H2,1H3;2*7-8H,1-6H2;6-7H,1-5H2;2*5-6H,1-4H2;4-5H,1-3H2;7*1-2H3. The van der Waals surface area contributed by atoms with Crippen molar-refractivity contribution in [1.82, 2.24) is 4.90 Å². The maximum absolute atomic E-state index is 11.3. The summed E-state index contributed by atoms with van der Waals surface area (Å²) in [6.45, 7) is 28.0. The largest absolute Gasteiger partial charge is 0.343 e. The van der Waals surface area contributed by atoms with Gasteiger partial charge in [0.05, 0.1) is 0 Å². The summed E-state index contributed by atoms with van der Waals surface area (Å²) in [6, 6.07) is 0.581. The molecule has 0 radical (unpaired) electrons. The molecule has 17 saturated carbocycles. The van der Waals surface area contributed by atoms with Gasteiger partial charge in [-0.3, -0.25) is 4.79 Å². The van der Waals surface area contributed by atoms with Crippen LogP contribution in [0.3, 0.4) is 0 Å². The Morgan fingerprint density at radius 3 is 0.609 bits per heavy atom. The fourth-order valence-corrected chi connectivity index (χ4v) is 13.9. The average Bonchev–Trinajstić information content (AvgIpc) is 4.23. The molecule has 0 aromatic carbocycles. The monoisotopic (exact) mass is 898 g/mol. The van der Waals surface area contributed by atoms with Crippen LogP contribution in [-0.2, 0) is 4.79 Å². The molecular weight excluding hydrogens is 775 g/mol. The highest BCUT2D eigenvalue weighted by Gasteiger charge is 2.41. The van der Waals surface area contributed by atoms with Crippen LogP contribution in [0.2, 0.25) is 0 Å². The molecule has 64 heavy (non-hydrogen) atoms. The van der Waals surface area contributed by atoms with Gasteiger partial charge in [0.25, 0.3) is 0 Å². The first kappa shape index (κ1) is 61.5. The second-order valence-corrected chi connectivity index (χ2v) is 21.5. The lowest BCUT2D eigenvalue weighted by atomic mass is 9.56. The molecule has 1 amide bonds. The molecule has 19 aliphatic rings. The molecule has 14 bridgehead atoms. The maximum atomic E-state index is 11.3. The van der Waals surface area contributed by atoms with E-state index in [9.17, 15) is 4.79 Å². The lowest BCUT2D eigenvalue weighted by molar-refractivity contribution is -0.144. The Morgan fingerprint density at radius 2 is 0.469 bits per heavy atom. The minimum Gasteiger partial charge on any atom is -0.343 e. The molecule has 19 fully saturated rings. The van der Waals surface area contributed by atoms with Crippen LogP contribution >= 0.6 is 0 Å². The normalized spacial score (nSPS) is 37.5. The van der Waals surface area contributed by atoms with E-state index in [2.05, 4.69) is 0 Å². The van der Waals surface area contributed by atoms with Crippen LogP contribution in [0.5, 0.6) is 0 Å². The Kier molecular flexibility index (Phi) is 35.9. The summed E-state index contributed by atoms with van der Waals surface area (Å²) in [5.74, 6) is 14.9. The van der Waals surface area contributed by atoms with E-state index >= 15 is 0 Å². The van der Waals surface area contributed by atoms with Gasteiger partial charge in [0, 0.05) is 19.0 Å². The Bertz CT molecular complexity index is 902. The molecule has 0 N–H and O–H groups in total. The number of fused-ring (bicyclic) bond motifs is 12. The molecule has 2 heteroatoms. The molecule has 0 aromatic rings. The molecule has 382 valence electrons. The first-order valence-corrected chi connectivity index (χ1v) is 30.8. The number of nitrogens with zero attached hydrogens (tertiary/aromatic N) is 1. The summed E-state index contributed by atoms with van der Waals surface area (Å²) < 4.78 is 0. The predicted octanol–water partition coefficient (Wildman–Crippen LogP) is 20.6. The van der Waals surface area contributed by atoms with E-state index in [1.54, 1.807) is 173 Å². The van der Waals surface area contributed by atoms with E-state index in [0.29, 0.717) is 17.9 Å². The molecule has 0 aromatic heterocycles. The van der Waals surface area contributed by atoms with Crippen molar-refractivity contribution in [2.75, 3.05) is 7.05 Å². The summed E-state index contributed by atoms with van der Waals surface area (Å²) in [5.41, 5.74) is 0. The first-order chi connectivity index (χ1) is 31.5. The van der Waals surface area contributed by atoms with E-state index < -0.39 is 0 Å². The van der Waals surface area contributed by atoms with Crippen molar-refractivity contribution in [3.05, 3.63) is 0 Å². The Labute approximate surface area is 406 Å². The third kappa shape index (κ3) is 21.0. The summed E-state index contributed by atoms with van der Waals surface area (Å²) in [7, 11) is 1.94. The fraction of sp³-hybridized carbons (Fsp3) is 0.984. The molecule has 17 aliphatic carbocycles. The van der Waals surface area contributed by atoms with Gasteiger partial charge in [-0.25, -0.2) is 0 Å². The number of hydrogen-bond donors (Lipinski definition) is 0. The molecule has 19 rings (SSSR count). The van der Waals surface area contributed by atoms with Crippen LogP contribution < -0.4 is 0 Å². The fourth-order valence-electron chi connectivity index (χ4n) is 13.9. The first-order valence-electron chi connectivity index (χ1n) is 30.8. The summed E-state index contributed by atoms with van der Waals surface area (Å²) in [4.78, 5) is 13.3. The van der Waals surface area contributed by atoms with Crippen molar-refractivity contribution in [1.29, 1.82) is 0 Å². The predicted molar refractivity (Wildman–Crippen MR) is 289 cm³/mol. The van der Waals surface area contributed by atoms with Gasteiger partial charge in [-0.05, 0) is 154 Å². The second-order valence-electron chi connectivity index (χ2n) is 21.5. The lowest BCUT2D eigenvalue weighted by Gasteiger charge is -2.49. The lowest BCUT2D eigenvalue weighted by Crippen LogP contribution is -2.49. The van der Waals surface area contributed by atoms with E-state index in [0.717, 1.165) is 36.5 Å². The zero-order chi connectivity index (χ0) is 47.9. The van der Waals surface area contributed by atoms with Crippen molar-refractivity contribution in [2.45, 2.75) is 308 Å². The van der Waals surface area contributed by atoms with Gasteiger partial charge in [0.2, 0.25) is 5.91 Å². The van der Waals surface area contributed by atoms with Crippen LogP contribution in [0, 0.1) is 76.9 Å². The Balaban J connectivity index is 0.000000359. The summed E-state index contributed by atoms with van der Waals surface area (Å²) in [6.07, 6.45) is 48.6. The highest BCUT2D eigenvalue weighted by molar-refractivity contribution is 5.80. The SMILES string of the molecule is C1C2CC1C2.C1CC2CC1C2.C1CC2CC1C2.C1CC2CCC(C1)C2.C1CC2CCC1C2.C1CC2CCC1CC2.CC.CC.CC.CC.CC.CC.CC.CN1C(=O)C2CCC1CC2. The number of hydrogen-bond acceptors (Lipinski definition) is 1. The molecule has 2 aliphatic heterocycles. The third-order valence-electron chi connectivity index (χ3n) is 18.0. The second kappa shape index (κ2) is 37.4. The minimum atomic E-state index is 0.384. The number of amides is 1. The van der Waals surface area contributed by atoms with Crippen LogP contribution in [-0.4, -0.2) is 23.9 Å². The van der Waals surface area contributed by atoms with Gasteiger partial charge in [0.15, 0.2) is 0 Å². The van der Waals surface area contributed by atoms with Gasteiger partial charge >= 0.3 is 0 Å². The van der Waals surface area contributed by atoms with Crippen molar-refractivity contribution in [3.63, 3.8) is 0 Å². The van der Waals surface area contributed by atoms with E-state index in [4.69, 9.17) is 0 Å². The zero-order valence-electron chi connectivity index (χ0n) is 47.1. The summed E-state index contributed by atoms with van der Waals surface area (Å²) in [5, 5.41) is 0. The van der Waals surface area contributed by atoms with E-state index in [-0.39, 0.29) is 0 Å². The quantitative estimate of drug-likeness (QED) is 0.237. The highest BCUT2D eigenvalue weighted by atomic mass is 16.2. The average molecular weight is 899 g/mol. The maximum Gasteiger partial charge on any atom is 0.225 e. The van der Waals surface area contributed by atoms with Crippen molar-refractivity contribution < 1.29 is 4.79 Å². The Hall–Kier alpha value is -0.530. The molecule has 2 unspecified atom stereocenters. The number of piperidine rings is 2. The smallest absolute Gasteiger partial charge is 0.225 e. The molecule has 2 saturated heterocycles. The van der Waals surface area contributed by atoms with Crippen LogP contribution in [0.15, 0.2) is 0 Å². The van der Waals surface area contributed by atoms with Gasteiger partial charge in [-0.1, -0.05) is 219 Å². The minimum absolute atomic E-state index is 0.384. The van der Waals surface area contributed by atoms with Crippen LogP contribution in [0.25, 0.3) is 0 Å². The highest BCUT2D eigenvalue weighted by Crippen LogP contribution is 2.53. The van der Waals surface area contributed by atoms with Crippen molar-refractivity contribution in [2.24, 2.45) is 76.9 Å². The molecule has 2 atom stereocenters. The zero-order valence-corrected chi connectivity index (χ0v) is 47.1. The molecule has 0 spiro atoms. The number of carbonyl (C=O) groups is 1. The topological polar surface area (TPSA) is 20.3 Å². The molecule has 2 heterocycles. The van der Waals surface area contributed by atoms with E-state index in [1.807, 2.05) is 109 Å². The van der Waals surface area contributed by atoms with Gasteiger partial charge in [-0.15, -0.1) is 0 Å². The van der Waals surface area contributed by atoms with Gasteiger partial charge < -0.3 is 4.90 Å². The molecule has 2 nitrogen and oxygen atoms in total. The number of rotatable bonds is 0. The third-order valence-corrected chi connectivity index (χ3v) is 18.0. The van der Waals surface area contributed by atoms with Crippen LogP contribution in [0.4, 0.5) is 0 Å². The van der Waals surface area contributed by atoms with Crippen molar-refractivity contribution >= 4 is 5.91 Å².